The Hall–Kier alpha value is -2.73. The lowest BCUT2D eigenvalue weighted by atomic mass is 10.1. The van der Waals surface area contributed by atoms with Gasteiger partial charge in [0.2, 0.25) is 0 Å². The van der Waals surface area contributed by atoms with Crippen LogP contribution < -0.4 is 10.9 Å². The van der Waals surface area contributed by atoms with Crippen molar-refractivity contribution < 1.29 is 4.79 Å². The second-order valence-electron chi connectivity index (χ2n) is 6.70. The summed E-state index contributed by atoms with van der Waals surface area (Å²) < 4.78 is 1.79. The summed E-state index contributed by atoms with van der Waals surface area (Å²) in [5, 5.41) is 3.77. The minimum atomic E-state index is -0.305. The largest absolute Gasteiger partial charge is 0.307 e. The number of nitrogens with zero attached hydrogens (tertiary/aromatic N) is 3. The van der Waals surface area contributed by atoms with Gasteiger partial charge in [0, 0.05) is 24.7 Å². The molecular formula is C20H19ClN4O2. The fourth-order valence-corrected chi connectivity index (χ4v) is 3.49. The number of hydrogen-bond donors (Lipinski definition) is 1. The van der Waals surface area contributed by atoms with Crippen molar-refractivity contribution >= 4 is 34.2 Å². The van der Waals surface area contributed by atoms with E-state index in [0.717, 1.165) is 37.9 Å². The standard InChI is InChI=1S/C20H19ClN4O2/c21-14-7-9-17(22-12-14)24-19(26)13-6-8-15-16(11-13)23-18-5-3-1-2-4-10-25(18)20(15)27/h6-9,11-12H,1-5,10H2,(H,22,24,26). The van der Waals surface area contributed by atoms with Crippen LogP contribution in [0.25, 0.3) is 10.9 Å². The predicted molar refractivity (Wildman–Crippen MR) is 105 cm³/mol. The second kappa shape index (κ2) is 7.48. The van der Waals surface area contributed by atoms with Crippen LogP contribution in [0.2, 0.25) is 5.02 Å². The van der Waals surface area contributed by atoms with Gasteiger partial charge in [-0.1, -0.05) is 24.4 Å². The smallest absolute Gasteiger partial charge is 0.261 e. The molecule has 0 aliphatic carbocycles. The fraction of sp³-hybridized carbons (Fsp3) is 0.300. The van der Waals surface area contributed by atoms with Gasteiger partial charge in [-0.3, -0.25) is 14.2 Å². The molecule has 1 aliphatic heterocycles. The van der Waals surface area contributed by atoms with Crippen LogP contribution in [0.5, 0.6) is 0 Å². The zero-order chi connectivity index (χ0) is 18.8. The molecule has 0 bridgehead atoms. The average Bonchev–Trinajstić information content (AvgIpc) is 2.65. The zero-order valence-corrected chi connectivity index (χ0v) is 15.5. The molecule has 1 aromatic carbocycles. The number of carbonyl (C=O) groups excluding carboxylic acids is 1. The summed E-state index contributed by atoms with van der Waals surface area (Å²) in [6, 6.07) is 8.29. The van der Waals surface area contributed by atoms with Gasteiger partial charge in [-0.15, -0.1) is 0 Å². The van der Waals surface area contributed by atoms with E-state index in [1.807, 2.05) is 0 Å². The van der Waals surface area contributed by atoms with Crippen molar-refractivity contribution in [2.45, 2.75) is 38.6 Å². The van der Waals surface area contributed by atoms with Gasteiger partial charge in [-0.25, -0.2) is 9.97 Å². The lowest BCUT2D eigenvalue weighted by molar-refractivity contribution is 0.102. The van der Waals surface area contributed by atoms with E-state index in [4.69, 9.17) is 11.6 Å². The van der Waals surface area contributed by atoms with E-state index in [0.29, 0.717) is 33.9 Å². The van der Waals surface area contributed by atoms with Gasteiger partial charge in [0.1, 0.15) is 11.6 Å². The average molecular weight is 383 g/mol. The van der Waals surface area contributed by atoms with Crippen molar-refractivity contribution in [3.63, 3.8) is 0 Å². The quantitative estimate of drug-likeness (QED) is 0.731. The van der Waals surface area contributed by atoms with Crippen molar-refractivity contribution in [2.24, 2.45) is 0 Å². The highest BCUT2D eigenvalue weighted by atomic mass is 35.5. The Balaban J connectivity index is 1.69. The van der Waals surface area contributed by atoms with Crippen LogP contribution in [-0.2, 0) is 13.0 Å². The Bertz CT molecular complexity index is 1060. The molecular weight excluding hydrogens is 364 g/mol. The molecule has 7 heteroatoms. The summed E-state index contributed by atoms with van der Waals surface area (Å²) in [5.41, 5.74) is 0.966. The molecule has 4 rings (SSSR count). The monoisotopic (exact) mass is 382 g/mol. The SMILES string of the molecule is O=C(Nc1ccc(Cl)cn1)c1ccc2c(=O)n3c(nc2c1)CCCCCC3. The lowest BCUT2D eigenvalue weighted by Crippen LogP contribution is -2.26. The summed E-state index contributed by atoms with van der Waals surface area (Å²) in [7, 11) is 0. The van der Waals surface area contributed by atoms with E-state index in [1.54, 1.807) is 34.9 Å². The van der Waals surface area contributed by atoms with E-state index in [9.17, 15) is 9.59 Å². The molecule has 27 heavy (non-hydrogen) atoms. The lowest BCUT2D eigenvalue weighted by Gasteiger charge is -2.16. The number of aromatic nitrogens is 3. The van der Waals surface area contributed by atoms with E-state index in [-0.39, 0.29) is 11.5 Å². The third-order valence-corrected chi connectivity index (χ3v) is 5.02. The number of carbonyl (C=O) groups is 1. The molecule has 0 saturated carbocycles. The first-order valence-corrected chi connectivity index (χ1v) is 9.46. The third kappa shape index (κ3) is 3.71. The maximum absolute atomic E-state index is 12.8. The van der Waals surface area contributed by atoms with Crippen molar-refractivity contribution in [2.75, 3.05) is 5.32 Å². The number of halogens is 1. The van der Waals surface area contributed by atoms with Gasteiger partial charge in [-0.2, -0.15) is 0 Å². The van der Waals surface area contributed by atoms with Crippen LogP contribution in [0.3, 0.4) is 0 Å². The summed E-state index contributed by atoms with van der Waals surface area (Å²) in [4.78, 5) is 34.1. The minimum Gasteiger partial charge on any atom is -0.307 e. The fourth-order valence-electron chi connectivity index (χ4n) is 3.37. The Morgan fingerprint density at radius 1 is 1.11 bits per heavy atom. The highest BCUT2D eigenvalue weighted by Crippen LogP contribution is 2.17. The van der Waals surface area contributed by atoms with Crippen molar-refractivity contribution in [3.8, 4) is 0 Å². The first kappa shape index (κ1) is 17.7. The topological polar surface area (TPSA) is 76.9 Å². The second-order valence-corrected chi connectivity index (χ2v) is 7.13. The predicted octanol–water partition coefficient (Wildman–Crippen LogP) is 3.81. The number of anilines is 1. The number of amides is 1. The summed E-state index contributed by atoms with van der Waals surface area (Å²) >= 11 is 5.81. The molecule has 3 aromatic rings. The minimum absolute atomic E-state index is 0.0248. The van der Waals surface area contributed by atoms with Gasteiger partial charge < -0.3 is 5.32 Å². The molecule has 1 aliphatic rings. The van der Waals surface area contributed by atoms with Gasteiger partial charge in [0.15, 0.2) is 0 Å². The number of aryl methyl sites for hydroxylation is 1. The molecule has 0 unspecified atom stereocenters. The molecule has 0 saturated heterocycles. The number of benzene rings is 1. The Labute approximate surface area is 161 Å². The number of rotatable bonds is 2. The van der Waals surface area contributed by atoms with Gasteiger partial charge in [0.25, 0.3) is 11.5 Å². The maximum atomic E-state index is 12.8. The van der Waals surface area contributed by atoms with Crippen LogP contribution >= 0.6 is 11.6 Å². The van der Waals surface area contributed by atoms with Crippen LogP contribution in [0.1, 0.15) is 41.9 Å². The normalized spacial score (nSPS) is 14.3. The Morgan fingerprint density at radius 2 is 1.96 bits per heavy atom. The number of nitrogens with one attached hydrogen (secondary N) is 1. The molecule has 0 atom stereocenters. The molecule has 3 heterocycles. The molecule has 1 N–H and O–H groups in total. The van der Waals surface area contributed by atoms with Crippen LogP contribution in [0.4, 0.5) is 5.82 Å². The zero-order valence-electron chi connectivity index (χ0n) is 14.7. The van der Waals surface area contributed by atoms with Crippen molar-refractivity contribution in [1.82, 2.24) is 14.5 Å². The summed E-state index contributed by atoms with van der Waals surface area (Å²) in [5.74, 6) is 0.917. The molecule has 0 radical (unpaired) electrons. The van der Waals surface area contributed by atoms with Crippen molar-refractivity contribution in [1.29, 1.82) is 0 Å². The Morgan fingerprint density at radius 3 is 2.78 bits per heavy atom. The van der Waals surface area contributed by atoms with Gasteiger partial charge in [0.05, 0.1) is 15.9 Å². The highest BCUT2D eigenvalue weighted by Gasteiger charge is 2.15. The Kier molecular flexibility index (Phi) is 4.90. The molecule has 0 fully saturated rings. The van der Waals surface area contributed by atoms with Crippen LogP contribution in [0, 0.1) is 0 Å². The van der Waals surface area contributed by atoms with E-state index < -0.39 is 0 Å². The van der Waals surface area contributed by atoms with Crippen molar-refractivity contribution in [3.05, 3.63) is 63.3 Å². The summed E-state index contributed by atoms with van der Waals surface area (Å²) in [6.07, 6.45) is 6.58. The molecule has 138 valence electrons. The van der Waals surface area contributed by atoms with Gasteiger partial charge in [-0.05, 0) is 43.2 Å². The van der Waals surface area contributed by atoms with E-state index >= 15 is 0 Å². The molecule has 0 spiro atoms. The van der Waals surface area contributed by atoms with Crippen LogP contribution in [0.15, 0.2) is 41.3 Å². The van der Waals surface area contributed by atoms with Crippen LogP contribution in [-0.4, -0.2) is 20.4 Å². The first-order chi connectivity index (χ1) is 13.1. The summed E-state index contributed by atoms with van der Waals surface area (Å²) in [6.45, 7) is 0.710. The highest BCUT2D eigenvalue weighted by molar-refractivity contribution is 6.30. The van der Waals surface area contributed by atoms with E-state index in [2.05, 4.69) is 15.3 Å². The number of fused-ring (bicyclic) bond motifs is 2. The first-order valence-electron chi connectivity index (χ1n) is 9.08. The van der Waals surface area contributed by atoms with E-state index in [1.165, 1.54) is 6.20 Å². The van der Waals surface area contributed by atoms with Gasteiger partial charge >= 0.3 is 0 Å². The molecule has 6 nitrogen and oxygen atoms in total. The third-order valence-electron chi connectivity index (χ3n) is 4.80. The molecule has 2 aromatic heterocycles. The number of hydrogen-bond acceptors (Lipinski definition) is 4. The molecule has 1 amide bonds. The maximum Gasteiger partial charge on any atom is 0.261 e. The number of pyridine rings is 1.